The van der Waals surface area contributed by atoms with Crippen LogP contribution in [-0.4, -0.2) is 87.9 Å². The molecule has 1 atom stereocenters. The third-order valence-corrected chi connectivity index (χ3v) is 5.75. The number of carbonyl (C=O) groups excluding carboxylic acids is 1. The van der Waals surface area contributed by atoms with Gasteiger partial charge in [-0.05, 0) is 30.5 Å². The van der Waals surface area contributed by atoms with E-state index in [-0.39, 0.29) is 29.9 Å². The van der Waals surface area contributed by atoms with Crippen LogP contribution in [0.3, 0.4) is 0 Å². The molecule has 0 bridgehead atoms. The fourth-order valence-corrected chi connectivity index (χ4v) is 3.99. The zero-order valence-corrected chi connectivity index (χ0v) is 21.3. The van der Waals surface area contributed by atoms with Crippen molar-refractivity contribution in [3.63, 3.8) is 0 Å². The molecule has 1 aromatic rings. The molecule has 0 radical (unpaired) electrons. The lowest BCUT2D eigenvalue weighted by atomic mass is 10.1. The fourth-order valence-electron chi connectivity index (χ4n) is 3.77. The Balaban J connectivity index is 0.00000341. The van der Waals surface area contributed by atoms with E-state index in [4.69, 9.17) is 21.1 Å². The van der Waals surface area contributed by atoms with Gasteiger partial charge >= 0.3 is 0 Å². The first-order chi connectivity index (χ1) is 14.7. The van der Waals surface area contributed by atoms with Gasteiger partial charge in [-0.15, -0.1) is 24.0 Å². The van der Waals surface area contributed by atoms with Crippen LogP contribution >= 0.6 is 35.6 Å². The normalized spacial score (nSPS) is 19.3. The Labute approximate surface area is 207 Å². The van der Waals surface area contributed by atoms with E-state index in [9.17, 15) is 4.79 Å². The Morgan fingerprint density at radius 1 is 1.29 bits per heavy atom. The third-order valence-electron chi connectivity index (χ3n) is 5.51. The molecule has 9 heteroatoms. The average molecular weight is 565 g/mol. The number of benzene rings is 1. The summed E-state index contributed by atoms with van der Waals surface area (Å²) in [5.74, 6) is 1.59. The van der Waals surface area contributed by atoms with Crippen LogP contribution < -0.4 is 5.32 Å². The number of nitrogens with one attached hydrogen (secondary N) is 1. The van der Waals surface area contributed by atoms with Gasteiger partial charge in [-0.1, -0.05) is 23.7 Å². The minimum absolute atomic E-state index is 0. The Kier molecular flexibility index (Phi) is 11.9. The van der Waals surface area contributed by atoms with Crippen LogP contribution in [0.15, 0.2) is 29.3 Å². The number of hydrogen-bond donors (Lipinski definition) is 1. The minimum Gasteiger partial charge on any atom is -0.381 e. The highest BCUT2D eigenvalue weighted by Gasteiger charge is 2.23. The zero-order valence-electron chi connectivity index (χ0n) is 18.2. The van der Waals surface area contributed by atoms with Gasteiger partial charge in [0.2, 0.25) is 5.91 Å². The summed E-state index contributed by atoms with van der Waals surface area (Å²) in [6.07, 6.45) is 2.43. The van der Waals surface area contributed by atoms with Crippen LogP contribution in [0.25, 0.3) is 0 Å². The maximum absolute atomic E-state index is 12.6. The van der Waals surface area contributed by atoms with Crippen LogP contribution in [0.1, 0.15) is 18.4 Å². The maximum atomic E-state index is 12.6. The quantitative estimate of drug-likeness (QED) is 0.228. The monoisotopic (exact) mass is 564 g/mol. The first-order valence-electron chi connectivity index (χ1n) is 10.8. The smallest absolute Gasteiger partial charge is 0.227 e. The lowest BCUT2D eigenvalue weighted by Gasteiger charge is -2.36. The number of nitrogens with zero attached hydrogens (tertiary/aromatic N) is 3. The largest absolute Gasteiger partial charge is 0.381 e. The molecule has 1 aromatic carbocycles. The Hall–Kier alpha value is -1.10. The molecular formula is C22H34ClIN4O3. The van der Waals surface area contributed by atoms with Gasteiger partial charge in [0.05, 0.1) is 19.6 Å². The minimum atomic E-state index is 0. The van der Waals surface area contributed by atoms with Crippen molar-refractivity contribution in [3.05, 3.63) is 34.9 Å². The van der Waals surface area contributed by atoms with Crippen molar-refractivity contribution in [2.45, 2.75) is 19.3 Å². The van der Waals surface area contributed by atoms with Crippen LogP contribution in [0.4, 0.5) is 0 Å². The Morgan fingerprint density at radius 2 is 2.06 bits per heavy atom. The molecule has 0 aliphatic carbocycles. The molecule has 1 N–H and O–H groups in total. The van der Waals surface area contributed by atoms with E-state index >= 15 is 0 Å². The molecule has 3 rings (SSSR count). The van der Waals surface area contributed by atoms with Crippen molar-refractivity contribution < 1.29 is 14.3 Å². The van der Waals surface area contributed by atoms with Gasteiger partial charge < -0.3 is 24.6 Å². The fraction of sp³-hybridized carbons (Fsp3) is 0.636. The van der Waals surface area contributed by atoms with Crippen LogP contribution in [0, 0.1) is 5.92 Å². The second kappa shape index (κ2) is 14.1. The van der Waals surface area contributed by atoms with Crippen molar-refractivity contribution >= 4 is 47.4 Å². The lowest BCUT2D eigenvalue weighted by molar-refractivity contribution is -0.131. The highest BCUT2D eigenvalue weighted by Crippen LogP contribution is 2.13. The number of hydrogen-bond acceptors (Lipinski definition) is 4. The highest BCUT2D eigenvalue weighted by atomic mass is 127. The zero-order chi connectivity index (χ0) is 21.2. The second-order valence-corrected chi connectivity index (χ2v) is 8.24. The molecule has 1 amide bonds. The Morgan fingerprint density at radius 3 is 2.74 bits per heavy atom. The average Bonchev–Trinajstić information content (AvgIpc) is 3.27. The summed E-state index contributed by atoms with van der Waals surface area (Å²) in [5, 5.41) is 4.08. The van der Waals surface area contributed by atoms with Gasteiger partial charge in [-0.25, -0.2) is 0 Å². The molecule has 174 valence electrons. The van der Waals surface area contributed by atoms with Gasteiger partial charge in [0, 0.05) is 63.9 Å². The Bertz CT molecular complexity index is 708. The molecular weight excluding hydrogens is 531 g/mol. The van der Waals surface area contributed by atoms with E-state index in [1.165, 1.54) is 0 Å². The number of amides is 1. The first-order valence-corrected chi connectivity index (χ1v) is 11.2. The summed E-state index contributed by atoms with van der Waals surface area (Å²) in [5.41, 5.74) is 0.954. The summed E-state index contributed by atoms with van der Waals surface area (Å²) >= 11 is 6.02. The second-order valence-electron chi connectivity index (χ2n) is 7.81. The van der Waals surface area contributed by atoms with Gasteiger partial charge in [0.25, 0.3) is 0 Å². The van der Waals surface area contributed by atoms with Crippen molar-refractivity contribution in [1.29, 1.82) is 0 Å². The lowest BCUT2D eigenvalue weighted by Crippen LogP contribution is -2.54. The molecule has 0 saturated carbocycles. The standard InChI is InChI=1S/C22H33ClN4O3.HI/c1-24-22(25-7-3-12-29-16-19-6-13-30-17-19)27-10-8-26(9-11-27)21(28)15-18-4-2-5-20(23)14-18;/h2,4-5,14,19H,3,6-13,15-17H2,1H3,(H,24,25);1H. The summed E-state index contributed by atoms with van der Waals surface area (Å²) in [6.45, 7) is 7.01. The summed E-state index contributed by atoms with van der Waals surface area (Å²) in [4.78, 5) is 21.1. The predicted molar refractivity (Wildman–Crippen MR) is 134 cm³/mol. The van der Waals surface area contributed by atoms with Crippen molar-refractivity contribution in [2.75, 3.05) is 66.2 Å². The van der Waals surface area contributed by atoms with Gasteiger partial charge in [0.15, 0.2) is 5.96 Å². The van der Waals surface area contributed by atoms with Crippen LogP contribution in [0.2, 0.25) is 5.02 Å². The highest BCUT2D eigenvalue weighted by molar-refractivity contribution is 14.0. The molecule has 1 unspecified atom stereocenters. The summed E-state index contributed by atoms with van der Waals surface area (Å²) in [6, 6.07) is 7.50. The van der Waals surface area contributed by atoms with Crippen molar-refractivity contribution in [3.8, 4) is 0 Å². The van der Waals surface area contributed by atoms with Crippen LogP contribution in [0.5, 0.6) is 0 Å². The molecule has 7 nitrogen and oxygen atoms in total. The van der Waals surface area contributed by atoms with E-state index in [1.807, 2.05) is 29.2 Å². The van der Waals surface area contributed by atoms with Gasteiger partial charge in [0.1, 0.15) is 0 Å². The topological polar surface area (TPSA) is 66.4 Å². The maximum Gasteiger partial charge on any atom is 0.227 e. The van der Waals surface area contributed by atoms with E-state index < -0.39 is 0 Å². The summed E-state index contributed by atoms with van der Waals surface area (Å²) < 4.78 is 11.1. The first kappa shape index (κ1) is 26.2. The van der Waals surface area contributed by atoms with E-state index in [0.29, 0.717) is 30.5 Å². The number of halogens is 2. The van der Waals surface area contributed by atoms with Crippen LogP contribution in [-0.2, 0) is 20.7 Å². The number of aliphatic imine (C=N–C) groups is 1. The van der Waals surface area contributed by atoms with Gasteiger partial charge in [-0.3, -0.25) is 9.79 Å². The number of piperazine rings is 1. The SMILES string of the molecule is CN=C(NCCCOCC1CCOC1)N1CCN(C(=O)Cc2cccc(Cl)c2)CC1.I. The molecule has 0 aromatic heterocycles. The van der Waals surface area contributed by atoms with Crippen molar-refractivity contribution in [2.24, 2.45) is 10.9 Å². The number of guanidine groups is 1. The molecule has 2 heterocycles. The molecule has 2 fully saturated rings. The number of carbonyl (C=O) groups is 1. The van der Waals surface area contributed by atoms with E-state index in [2.05, 4.69) is 15.2 Å². The van der Waals surface area contributed by atoms with E-state index in [0.717, 1.165) is 70.4 Å². The van der Waals surface area contributed by atoms with Gasteiger partial charge in [-0.2, -0.15) is 0 Å². The molecule has 31 heavy (non-hydrogen) atoms. The third kappa shape index (κ3) is 8.75. The molecule has 2 aliphatic rings. The molecule has 2 saturated heterocycles. The molecule has 2 aliphatic heterocycles. The van der Waals surface area contributed by atoms with E-state index in [1.54, 1.807) is 7.05 Å². The number of ether oxygens (including phenoxy) is 2. The molecule has 0 spiro atoms. The van der Waals surface area contributed by atoms with Crippen molar-refractivity contribution in [1.82, 2.24) is 15.1 Å². The predicted octanol–water partition coefficient (Wildman–Crippen LogP) is 2.66. The summed E-state index contributed by atoms with van der Waals surface area (Å²) in [7, 11) is 1.80. The number of rotatable bonds is 8.